The van der Waals surface area contributed by atoms with Crippen molar-refractivity contribution in [2.45, 2.75) is 38.5 Å². The van der Waals surface area contributed by atoms with E-state index in [4.69, 9.17) is 0 Å². The van der Waals surface area contributed by atoms with Crippen molar-refractivity contribution in [3.63, 3.8) is 0 Å². The zero-order valence-corrected chi connectivity index (χ0v) is 13.5. The van der Waals surface area contributed by atoms with Crippen LogP contribution in [0.15, 0.2) is 42.5 Å². The van der Waals surface area contributed by atoms with E-state index in [1.165, 1.54) is 0 Å². The third kappa shape index (κ3) is 3.40. The van der Waals surface area contributed by atoms with Crippen LogP contribution in [-0.4, -0.2) is 17.7 Å². The van der Waals surface area contributed by atoms with Gasteiger partial charge in [0.15, 0.2) is 5.78 Å². The lowest BCUT2D eigenvalue weighted by atomic mass is 9.62. The summed E-state index contributed by atoms with van der Waals surface area (Å²) in [5.74, 6) is -4.14. The van der Waals surface area contributed by atoms with Crippen molar-refractivity contribution in [3.8, 4) is 0 Å². The SMILES string of the molecule is C=C(C(=O)[O-])C(CC(=O)c1ccccc1)(C(=O)[O-])C1CCCCC1. The van der Waals surface area contributed by atoms with Gasteiger partial charge in [0.2, 0.25) is 0 Å². The molecule has 0 bridgehead atoms. The van der Waals surface area contributed by atoms with Gasteiger partial charge in [0.25, 0.3) is 0 Å². The number of carbonyl (C=O) groups excluding carboxylic acids is 3. The summed E-state index contributed by atoms with van der Waals surface area (Å²) in [7, 11) is 0. The predicted octanol–water partition coefficient (Wildman–Crippen LogP) is 0.882. The highest BCUT2D eigenvalue weighted by molar-refractivity contribution is 6.03. The molecule has 1 aliphatic rings. The van der Waals surface area contributed by atoms with Crippen molar-refractivity contribution in [3.05, 3.63) is 48.0 Å². The Labute approximate surface area is 141 Å². The van der Waals surface area contributed by atoms with Crippen molar-refractivity contribution >= 4 is 17.7 Å². The fourth-order valence-electron chi connectivity index (χ4n) is 3.62. The van der Waals surface area contributed by atoms with Crippen LogP contribution in [0.25, 0.3) is 0 Å². The van der Waals surface area contributed by atoms with Gasteiger partial charge in [-0.3, -0.25) is 4.79 Å². The summed E-state index contributed by atoms with van der Waals surface area (Å²) in [4.78, 5) is 36.0. The maximum absolute atomic E-state index is 12.6. The van der Waals surface area contributed by atoms with Crippen LogP contribution in [0.1, 0.15) is 48.9 Å². The first-order valence-electron chi connectivity index (χ1n) is 8.10. The lowest BCUT2D eigenvalue weighted by molar-refractivity contribution is -0.324. The zero-order valence-electron chi connectivity index (χ0n) is 13.5. The van der Waals surface area contributed by atoms with Crippen LogP contribution in [0.5, 0.6) is 0 Å². The van der Waals surface area contributed by atoms with Gasteiger partial charge in [-0.2, -0.15) is 0 Å². The molecule has 1 unspecified atom stereocenters. The topological polar surface area (TPSA) is 97.3 Å². The average molecular weight is 328 g/mol. The fraction of sp³-hybridized carbons (Fsp3) is 0.421. The van der Waals surface area contributed by atoms with E-state index in [2.05, 4.69) is 6.58 Å². The Morgan fingerprint density at radius 3 is 2.12 bits per heavy atom. The molecule has 1 aromatic carbocycles. The highest BCUT2D eigenvalue weighted by Crippen LogP contribution is 2.46. The Morgan fingerprint density at radius 1 is 1.04 bits per heavy atom. The maximum atomic E-state index is 12.6. The molecule has 0 aromatic heterocycles. The lowest BCUT2D eigenvalue weighted by Gasteiger charge is -2.45. The first kappa shape index (κ1) is 17.9. The molecule has 0 N–H and O–H groups in total. The largest absolute Gasteiger partial charge is 0.549 e. The van der Waals surface area contributed by atoms with Gasteiger partial charge in [0, 0.05) is 17.4 Å². The minimum atomic E-state index is -1.92. The number of benzene rings is 1. The van der Waals surface area contributed by atoms with Gasteiger partial charge >= 0.3 is 0 Å². The second-order valence-corrected chi connectivity index (χ2v) is 6.33. The minimum absolute atomic E-state index is 0.338. The molecule has 1 aliphatic carbocycles. The van der Waals surface area contributed by atoms with Crippen LogP contribution in [-0.2, 0) is 9.59 Å². The Bertz CT molecular complexity index is 643. The molecule has 0 spiro atoms. The molecule has 1 atom stereocenters. The monoisotopic (exact) mass is 328 g/mol. The lowest BCUT2D eigenvalue weighted by Crippen LogP contribution is -2.53. The van der Waals surface area contributed by atoms with Gasteiger partial charge in [0.1, 0.15) is 0 Å². The van der Waals surface area contributed by atoms with Gasteiger partial charge in [-0.1, -0.05) is 56.2 Å². The third-order valence-corrected chi connectivity index (χ3v) is 4.99. The molecule has 1 saturated carbocycles. The van der Waals surface area contributed by atoms with Crippen LogP contribution in [0.2, 0.25) is 0 Å². The van der Waals surface area contributed by atoms with Gasteiger partial charge in [-0.25, -0.2) is 0 Å². The van der Waals surface area contributed by atoms with Crippen LogP contribution in [0, 0.1) is 11.3 Å². The average Bonchev–Trinajstić information content (AvgIpc) is 2.60. The molecule has 5 nitrogen and oxygen atoms in total. The van der Waals surface area contributed by atoms with E-state index in [9.17, 15) is 24.6 Å². The van der Waals surface area contributed by atoms with Gasteiger partial charge < -0.3 is 19.8 Å². The summed E-state index contributed by atoms with van der Waals surface area (Å²) >= 11 is 0. The number of hydrogen-bond acceptors (Lipinski definition) is 5. The molecule has 0 aliphatic heterocycles. The summed E-state index contributed by atoms with van der Waals surface area (Å²) in [6.07, 6.45) is 3.13. The van der Waals surface area contributed by atoms with Gasteiger partial charge in [0.05, 0.1) is 11.9 Å². The highest BCUT2D eigenvalue weighted by atomic mass is 16.4. The summed E-state index contributed by atoms with van der Waals surface area (Å²) < 4.78 is 0. The van der Waals surface area contributed by atoms with Crippen LogP contribution >= 0.6 is 0 Å². The van der Waals surface area contributed by atoms with Crippen molar-refractivity contribution < 1.29 is 24.6 Å². The van der Waals surface area contributed by atoms with E-state index in [1.54, 1.807) is 30.3 Å². The molecule has 128 valence electrons. The zero-order chi connectivity index (χ0) is 17.7. The molecule has 0 radical (unpaired) electrons. The number of rotatable bonds is 7. The number of ketones is 1. The predicted molar refractivity (Wildman–Crippen MR) is 83.6 cm³/mol. The molecular weight excluding hydrogens is 308 g/mol. The Hall–Kier alpha value is -2.43. The maximum Gasteiger partial charge on any atom is 0.164 e. The quantitative estimate of drug-likeness (QED) is 0.547. The molecule has 0 saturated heterocycles. The van der Waals surface area contributed by atoms with E-state index in [0.717, 1.165) is 19.3 Å². The second-order valence-electron chi connectivity index (χ2n) is 6.33. The first-order chi connectivity index (χ1) is 11.4. The van der Waals surface area contributed by atoms with Crippen LogP contribution < -0.4 is 10.2 Å². The molecular formula is C19H20O5-2. The number of aliphatic carboxylic acids is 2. The van der Waals surface area contributed by atoms with E-state index in [1.807, 2.05) is 0 Å². The molecule has 0 amide bonds. The molecule has 1 aromatic rings. The van der Waals surface area contributed by atoms with E-state index >= 15 is 0 Å². The highest BCUT2D eigenvalue weighted by Gasteiger charge is 2.45. The Kier molecular flexibility index (Phi) is 5.54. The number of carbonyl (C=O) groups is 3. The number of carboxylic acid groups (broad SMARTS) is 2. The molecule has 2 rings (SSSR count). The van der Waals surface area contributed by atoms with Crippen molar-refractivity contribution in [1.82, 2.24) is 0 Å². The molecule has 0 heterocycles. The van der Waals surface area contributed by atoms with Gasteiger partial charge in [-0.15, -0.1) is 0 Å². The molecule has 24 heavy (non-hydrogen) atoms. The summed E-state index contributed by atoms with van der Waals surface area (Å²) in [5, 5.41) is 23.4. The van der Waals surface area contributed by atoms with Crippen molar-refractivity contribution in [2.75, 3.05) is 0 Å². The fourth-order valence-corrected chi connectivity index (χ4v) is 3.62. The van der Waals surface area contributed by atoms with E-state index < -0.39 is 41.0 Å². The van der Waals surface area contributed by atoms with Crippen LogP contribution in [0.3, 0.4) is 0 Å². The summed E-state index contributed by atoms with van der Waals surface area (Å²) in [6.45, 7) is 3.43. The molecule has 5 heteroatoms. The van der Waals surface area contributed by atoms with Crippen LogP contribution in [0.4, 0.5) is 0 Å². The standard InChI is InChI=1S/C19H22O5/c1-13(17(21)22)19(18(23)24,15-10-6-3-7-11-15)12-16(20)14-8-4-2-5-9-14/h2,4-5,8-9,15H,1,3,6-7,10-12H2,(H,21,22)(H,23,24)/p-2. The third-order valence-electron chi connectivity index (χ3n) is 4.99. The summed E-state index contributed by atoms with van der Waals surface area (Å²) in [6, 6.07) is 8.23. The van der Waals surface area contributed by atoms with E-state index in [-0.39, 0.29) is 0 Å². The Balaban J connectivity index is 2.44. The van der Waals surface area contributed by atoms with Gasteiger partial charge in [-0.05, 0) is 24.3 Å². The van der Waals surface area contributed by atoms with Crippen molar-refractivity contribution in [2.24, 2.45) is 11.3 Å². The number of hydrogen-bond donors (Lipinski definition) is 0. The molecule has 1 fully saturated rings. The van der Waals surface area contributed by atoms with E-state index in [0.29, 0.717) is 18.4 Å². The van der Waals surface area contributed by atoms with Crippen molar-refractivity contribution in [1.29, 1.82) is 0 Å². The summed E-state index contributed by atoms with van der Waals surface area (Å²) in [5.41, 5.74) is -2.16. The first-order valence-corrected chi connectivity index (χ1v) is 8.10. The smallest absolute Gasteiger partial charge is 0.164 e. The normalized spacial score (nSPS) is 17.7. The Morgan fingerprint density at radius 2 is 1.62 bits per heavy atom. The number of carboxylic acids is 2. The second kappa shape index (κ2) is 7.43. The number of Topliss-reactive ketones (excluding diaryl/α,β-unsaturated/α-hetero) is 1. The minimum Gasteiger partial charge on any atom is -0.549 e.